The fourth-order valence-electron chi connectivity index (χ4n) is 4.23. The Kier molecular flexibility index (Phi) is 4.78. The summed E-state index contributed by atoms with van der Waals surface area (Å²) < 4.78 is 5.19. The smallest absolute Gasteiger partial charge is 0.315 e. The number of hydrogen-bond acceptors (Lipinski definition) is 4. The van der Waals surface area contributed by atoms with Crippen molar-refractivity contribution in [2.24, 2.45) is 10.9 Å². The number of aromatic nitrogens is 1. The van der Waals surface area contributed by atoms with E-state index in [0.717, 1.165) is 38.9 Å². The van der Waals surface area contributed by atoms with Crippen LogP contribution in [-0.2, 0) is 9.53 Å². The molecule has 0 saturated carbocycles. The Hall–Kier alpha value is -3.27. The molecule has 0 spiro atoms. The molecule has 140 valence electrons. The van der Waals surface area contributed by atoms with Gasteiger partial charge in [-0.2, -0.15) is 0 Å². The van der Waals surface area contributed by atoms with Crippen LogP contribution in [-0.4, -0.2) is 23.8 Å². The molecule has 2 unspecified atom stereocenters. The van der Waals surface area contributed by atoms with Crippen molar-refractivity contribution in [3.05, 3.63) is 83.8 Å². The number of ether oxygens (including phenoxy) is 1. The summed E-state index contributed by atoms with van der Waals surface area (Å²) in [5.74, 6) is -0.942. The standard InChI is InChI=1S/C24H22N2O2/c1-15-21(18-10-7-13-25-14-18)23(22(16(2)26-15)24(27)28-3)20-12-6-9-17-8-4-5-11-19(17)20/h4-14,22-23H,1-3H3. The topological polar surface area (TPSA) is 51.5 Å². The van der Waals surface area contributed by atoms with Gasteiger partial charge in [0.1, 0.15) is 5.92 Å². The second-order valence-corrected chi connectivity index (χ2v) is 7.04. The van der Waals surface area contributed by atoms with Crippen LogP contribution in [0.5, 0.6) is 0 Å². The average Bonchev–Trinajstić information content (AvgIpc) is 2.73. The minimum absolute atomic E-state index is 0.194. The molecule has 0 saturated heterocycles. The Morgan fingerprint density at radius 2 is 1.79 bits per heavy atom. The van der Waals surface area contributed by atoms with Crippen LogP contribution < -0.4 is 0 Å². The molecule has 0 bridgehead atoms. The lowest BCUT2D eigenvalue weighted by Crippen LogP contribution is -2.33. The molecular weight excluding hydrogens is 348 g/mol. The molecule has 2 atom stereocenters. The average molecular weight is 370 g/mol. The molecule has 4 nitrogen and oxygen atoms in total. The van der Waals surface area contributed by atoms with Gasteiger partial charge in [0.05, 0.1) is 7.11 Å². The molecule has 1 aromatic heterocycles. The second kappa shape index (κ2) is 7.39. The predicted molar refractivity (Wildman–Crippen MR) is 112 cm³/mol. The third-order valence-electron chi connectivity index (χ3n) is 5.41. The van der Waals surface area contributed by atoms with Gasteiger partial charge in [-0.1, -0.05) is 48.5 Å². The van der Waals surface area contributed by atoms with Crippen molar-refractivity contribution in [3.8, 4) is 0 Å². The van der Waals surface area contributed by atoms with Gasteiger partial charge in [-0.3, -0.25) is 14.8 Å². The van der Waals surface area contributed by atoms with Crippen LogP contribution in [0.25, 0.3) is 16.3 Å². The third-order valence-corrected chi connectivity index (χ3v) is 5.41. The van der Waals surface area contributed by atoms with Crippen molar-refractivity contribution in [1.29, 1.82) is 0 Å². The highest BCUT2D eigenvalue weighted by atomic mass is 16.5. The zero-order chi connectivity index (χ0) is 19.7. The number of nitrogens with zero attached hydrogens (tertiary/aromatic N) is 2. The zero-order valence-corrected chi connectivity index (χ0v) is 16.2. The number of benzene rings is 2. The molecule has 0 amide bonds. The highest BCUT2D eigenvalue weighted by molar-refractivity contribution is 6.07. The van der Waals surface area contributed by atoms with Gasteiger partial charge in [0, 0.05) is 29.7 Å². The Morgan fingerprint density at radius 3 is 2.54 bits per heavy atom. The number of allylic oxidation sites excluding steroid dienone is 2. The lowest BCUT2D eigenvalue weighted by Gasteiger charge is -2.33. The van der Waals surface area contributed by atoms with Gasteiger partial charge in [0.2, 0.25) is 0 Å². The summed E-state index contributed by atoms with van der Waals surface area (Å²) in [6.45, 7) is 3.90. The molecule has 0 radical (unpaired) electrons. The monoisotopic (exact) mass is 370 g/mol. The Balaban J connectivity index is 2.02. The van der Waals surface area contributed by atoms with Crippen molar-refractivity contribution < 1.29 is 9.53 Å². The lowest BCUT2D eigenvalue weighted by molar-refractivity contribution is -0.143. The highest BCUT2D eigenvalue weighted by Gasteiger charge is 2.40. The molecule has 0 N–H and O–H groups in total. The van der Waals surface area contributed by atoms with E-state index >= 15 is 0 Å². The predicted octanol–water partition coefficient (Wildman–Crippen LogP) is 5.01. The first-order valence-electron chi connectivity index (χ1n) is 9.33. The van der Waals surface area contributed by atoms with Gasteiger partial charge in [0.15, 0.2) is 0 Å². The highest BCUT2D eigenvalue weighted by Crippen LogP contribution is 2.46. The van der Waals surface area contributed by atoms with Crippen molar-refractivity contribution >= 4 is 28.0 Å². The Bertz CT molecular complexity index is 1090. The number of rotatable bonds is 3. The third kappa shape index (κ3) is 3.01. The van der Waals surface area contributed by atoms with Gasteiger partial charge in [-0.15, -0.1) is 0 Å². The fraction of sp³-hybridized carbons (Fsp3) is 0.208. The fourth-order valence-corrected chi connectivity index (χ4v) is 4.23. The van der Waals surface area contributed by atoms with Gasteiger partial charge in [-0.25, -0.2) is 0 Å². The van der Waals surface area contributed by atoms with E-state index in [2.05, 4.69) is 29.2 Å². The molecular formula is C24H22N2O2. The summed E-state index contributed by atoms with van der Waals surface area (Å²) in [6.07, 6.45) is 3.59. The van der Waals surface area contributed by atoms with Crippen LogP contribution in [0.4, 0.5) is 0 Å². The number of carbonyl (C=O) groups excluding carboxylic acids is 1. The van der Waals surface area contributed by atoms with Crippen molar-refractivity contribution in [2.75, 3.05) is 7.11 Å². The van der Waals surface area contributed by atoms with Gasteiger partial charge in [-0.05, 0) is 47.4 Å². The quantitative estimate of drug-likeness (QED) is 0.609. The van der Waals surface area contributed by atoms with Crippen molar-refractivity contribution in [3.63, 3.8) is 0 Å². The second-order valence-electron chi connectivity index (χ2n) is 7.04. The molecule has 28 heavy (non-hydrogen) atoms. The first-order valence-corrected chi connectivity index (χ1v) is 9.33. The molecule has 2 heterocycles. The summed E-state index contributed by atoms with van der Waals surface area (Å²) in [6, 6.07) is 18.4. The number of aliphatic imine (C=N–C) groups is 1. The van der Waals surface area contributed by atoms with E-state index in [1.807, 2.05) is 50.4 Å². The molecule has 4 heteroatoms. The zero-order valence-electron chi connectivity index (χ0n) is 16.2. The number of carbonyl (C=O) groups is 1. The van der Waals surface area contributed by atoms with E-state index in [4.69, 9.17) is 9.73 Å². The van der Waals surface area contributed by atoms with Crippen LogP contribution in [0.2, 0.25) is 0 Å². The van der Waals surface area contributed by atoms with E-state index in [1.165, 1.54) is 7.11 Å². The summed E-state index contributed by atoms with van der Waals surface area (Å²) in [5, 5.41) is 2.28. The van der Waals surface area contributed by atoms with Crippen LogP contribution in [0, 0.1) is 5.92 Å². The van der Waals surface area contributed by atoms with E-state index in [9.17, 15) is 4.79 Å². The summed E-state index contributed by atoms with van der Waals surface area (Å²) >= 11 is 0. The summed E-state index contributed by atoms with van der Waals surface area (Å²) in [7, 11) is 1.44. The minimum Gasteiger partial charge on any atom is -0.468 e. The van der Waals surface area contributed by atoms with Crippen molar-refractivity contribution in [1.82, 2.24) is 4.98 Å². The SMILES string of the molecule is COC(=O)C1C(C)=NC(C)=C(c2cccnc2)C1c1cccc2ccccc12. The van der Waals surface area contributed by atoms with Crippen LogP contribution in [0.1, 0.15) is 30.9 Å². The first-order chi connectivity index (χ1) is 13.6. The normalized spacial score (nSPS) is 19.5. The molecule has 0 aliphatic carbocycles. The van der Waals surface area contributed by atoms with Crippen LogP contribution in [0.15, 0.2) is 77.7 Å². The van der Waals surface area contributed by atoms with E-state index in [-0.39, 0.29) is 11.9 Å². The van der Waals surface area contributed by atoms with Crippen LogP contribution >= 0.6 is 0 Å². The summed E-state index contributed by atoms with van der Waals surface area (Å²) in [4.78, 5) is 21.8. The van der Waals surface area contributed by atoms with Gasteiger partial charge >= 0.3 is 5.97 Å². The van der Waals surface area contributed by atoms with Gasteiger partial charge in [0.25, 0.3) is 0 Å². The molecule has 2 aromatic carbocycles. The largest absolute Gasteiger partial charge is 0.468 e. The Labute approximate surface area is 164 Å². The number of hydrogen-bond donors (Lipinski definition) is 0. The number of fused-ring (bicyclic) bond motifs is 1. The molecule has 1 aliphatic heterocycles. The molecule has 1 aliphatic rings. The molecule has 3 aromatic rings. The van der Waals surface area contributed by atoms with Crippen LogP contribution in [0.3, 0.4) is 0 Å². The van der Waals surface area contributed by atoms with Crippen molar-refractivity contribution in [2.45, 2.75) is 19.8 Å². The number of pyridine rings is 1. The minimum atomic E-state index is -0.477. The molecule has 0 fully saturated rings. The maximum absolute atomic E-state index is 12.8. The maximum atomic E-state index is 12.8. The van der Waals surface area contributed by atoms with E-state index < -0.39 is 5.92 Å². The van der Waals surface area contributed by atoms with E-state index in [0.29, 0.717) is 0 Å². The van der Waals surface area contributed by atoms with Gasteiger partial charge < -0.3 is 4.74 Å². The molecule has 4 rings (SSSR count). The first kappa shape index (κ1) is 18.1. The number of methoxy groups -OCH3 is 1. The maximum Gasteiger partial charge on any atom is 0.315 e. The number of esters is 1. The van der Waals surface area contributed by atoms with E-state index in [1.54, 1.807) is 6.20 Å². The Morgan fingerprint density at radius 1 is 1.00 bits per heavy atom. The summed E-state index contributed by atoms with van der Waals surface area (Å²) in [5.41, 5.74) is 4.77. The lowest BCUT2D eigenvalue weighted by atomic mass is 9.72.